The number of anilines is 3. The normalized spacial score (nSPS) is 13.7. The van der Waals surface area contributed by atoms with Crippen LogP contribution in [0.15, 0.2) is 65.2 Å². The molecule has 3 aromatic carbocycles. The van der Waals surface area contributed by atoms with Gasteiger partial charge in [-0.15, -0.1) is 0 Å². The summed E-state index contributed by atoms with van der Waals surface area (Å²) < 4.78 is 10.9. The molecule has 234 valence electrons. The molecule has 0 spiro atoms. The number of rotatable bonds is 8. The van der Waals surface area contributed by atoms with Gasteiger partial charge in [-0.3, -0.25) is 14.4 Å². The maximum Gasteiger partial charge on any atom is 0.259 e. The first-order chi connectivity index (χ1) is 21.6. The number of piperazine rings is 1. The molecule has 4 aromatic rings. The Morgan fingerprint density at radius 2 is 1.73 bits per heavy atom. The molecule has 45 heavy (non-hydrogen) atoms. The van der Waals surface area contributed by atoms with Crippen LogP contribution in [0.3, 0.4) is 0 Å². The molecule has 1 aliphatic heterocycles. The number of aromatic nitrogens is 1. The third-order valence-electron chi connectivity index (χ3n) is 7.38. The number of para-hydroxylation sites is 1. The minimum atomic E-state index is -1.26. The quantitative estimate of drug-likeness (QED) is 0.210. The Hall–Kier alpha value is -4.95. The maximum atomic E-state index is 13.7. The van der Waals surface area contributed by atoms with Gasteiger partial charge in [-0.1, -0.05) is 28.9 Å². The predicted molar refractivity (Wildman–Crippen MR) is 167 cm³/mol. The minimum Gasteiger partial charge on any atom is -0.595 e. The highest BCUT2D eigenvalue weighted by molar-refractivity contribution is 6.33. The number of carbonyl (C=O) groups is 3. The first kappa shape index (κ1) is 31.5. The highest BCUT2D eigenvalue weighted by atomic mass is 35.5. The second-order valence-electron chi connectivity index (χ2n) is 10.3. The lowest BCUT2D eigenvalue weighted by atomic mass is 10.0. The summed E-state index contributed by atoms with van der Waals surface area (Å²) >= 11 is 6.54. The Morgan fingerprint density at radius 1 is 1.04 bits per heavy atom. The van der Waals surface area contributed by atoms with Gasteiger partial charge in [-0.25, -0.2) is 5.21 Å². The number of aryl methyl sites for hydroxylation is 1. The number of amides is 3. The summed E-state index contributed by atoms with van der Waals surface area (Å²) in [5.74, 6) is -0.0669. The summed E-state index contributed by atoms with van der Waals surface area (Å²) in [5, 5.41) is 30.2. The molecule has 14 heteroatoms. The number of benzene rings is 3. The van der Waals surface area contributed by atoms with E-state index in [1.165, 1.54) is 31.2 Å². The highest BCUT2D eigenvalue weighted by Gasteiger charge is 2.31. The molecule has 1 fully saturated rings. The summed E-state index contributed by atoms with van der Waals surface area (Å²) in [7, 11) is 1.55. The van der Waals surface area contributed by atoms with Crippen LogP contribution >= 0.6 is 11.6 Å². The molecule has 4 N–H and O–H groups in total. The van der Waals surface area contributed by atoms with Crippen LogP contribution in [0.25, 0.3) is 11.3 Å². The van der Waals surface area contributed by atoms with Gasteiger partial charge < -0.3 is 34.9 Å². The molecule has 5 rings (SSSR count). The van der Waals surface area contributed by atoms with E-state index in [2.05, 4.69) is 15.8 Å². The number of quaternary nitrogens is 1. The van der Waals surface area contributed by atoms with Crippen LogP contribution in [0.2, 0.25) is 5.02 Å². The molecule has 13 nitrogen and oxygen atoms in total. The molecule has 1 unspecified atom stereocenters. The number of hydrogen-bond donors (Lipinski definition) is 4. The van der Waals surface area contributed by atoms with Crippen LogP contribution < -0.4 is 25.5 Å². The molecular formula is C31H31ClN6O7. The molecule has 0 bridgehead atoms. The van der Waals surface area contributed by atoms with Crippen LogP contribution in [-0.2, 0) is 4.79 Å². The van der Waals surface area contributed by atoms with Crippen molar-refractivity contribution in [1.82, 2.24) is 10.1 Å². The maximum absolute atomic E-state index is 13.7. The van der Waals surface area contributed by atoms with Crippen LogP contribution in [0.1, 0.15) is 33.4 Å². The van der Waals surface area contributed by atoms with Crippen molar-refractivity contribution in [3.8, 4) is 17.0 Å². The van der Waals surface area contributed by atoms with Gasteiger partial charge in [0.05, 0.1) is 17.8 Å². The van der Waals surface area contributed by atoms with Crippen LogP contribution in [-0.4, -0.2) is 66.3 Å². The fourth-order valence-electron chi connectivity index (χ4n) is 5.14. The fourth-order valence-corrected chi connectivity index (χ4v) is 5.43. The van der Waals surface area contributed by atoms with E-state index in [0.29, 0.717) is 65.9 Å². The highest BCUT2D eigenvalue weighted by Crippen LogP contribution is 2.36. The van der Waals surface area contributed by atoms with Crippen molar-refractivity contribution >= 4 is 52.1 Å². The molecule has 1 aliphatic rings. The van der Waals surface area contributed by atoms with E-state index < -0.39 is 11.1 Å². The first-order valence-electron chi connectivity index (χ1n) is 14.0. The van der Waals surface area contributed by atoms with Crippen LogP contribution in [0.5, 0.6) is 5.75 Å². The number of methoxy groups -OCH3 is 1. The van der Waals surface area contributed by atoms with Crippen molar-refractivity contribution in [3.63, 3.8) is 0 Å². The number of nitrogens with zero attached hydrogens (tertiary/aromatic N) is 3. The predicted octanol–water partition coefficient (Wildman–Crippen LogP) is 3.89. The summed E-state index contributed by atoms with van der Waals surface area (Å²) in [6, 6.07) is 16.3. The third-order valence-corrected chi connectivity index (χ3v) is 7.68. The van der Waals surface area contributed by atoms with Gasteiger partial charge in [0.1, 0.15) is 28.5 Å². The van der Waals surface area contributed by atoms with Crippen molar-refractivity contribution < 1.29 is 34.1 Å². The lowest BCUT2D eigenvalue weighted by molar-refractivity contribution is -0.990. The zero-order valence-electron chi connectivity index (χ0n) is 24.7. The van der Waals surface area contributed by atoms with Crippen molar-refractivity contribution in [1.29, 1.82) is 0 Å². The van der Waals surface area contributed by atoms with Gasteiger partial charge in [0.15, 0.2) is 5.69 Å². The largest absolute Gasteiger partial charge is 0.595 e. The lowest BCUT2D eigenvalue weighted by Gasteiger charge is -2.36. The minimum absolute atomic E-state index is 0.0675. The molecule has 0 radical (unpaired) electrons. The fraction of sp³-hybridized carbons (Fsp3) is 0.226. The molecule has 1 atom stereocenters. The zero-order chi connectivity index (χ0) is 32.2. The SMILES string of the molecule is COc1ccccc1-c1noc(C)c1C(=O)N1CCN(c2cc(NC(=O)c3ccc(NC(C)=O)cc3)c([NH+]([O-])O)cc2Cl)CC1. The van der Waals surface area contributed by atoms with Gasteiger partial charge >= 0.3 is 0 Å². The molecule has 0 aliphatic carbocycles. The Balaban J connectivity index is 1.33. The number of hydrogen-bond acceptors (Lipinski definition) is 9. The average molecular weight is 635 g/mol. The topological polar surface area (TPSA) is 165 Å². The first-order valence-corrected chi connectivity index (χ1v) is 14.3. The number of ether oxygens (including phenoxy) is 1. The number of halogens is 1. The lowest BCUT2D eigenvalue weighted by Crippen LogP contribution is -2.99. The molecule has 2 heterocycles. The summed E-state index contributed by atoms with van der Waals surface area (Å²) in [6.45, 7) is 4.53. The van der Waals surface area contributed by atoms with Crippen molar-refractivity contribution in [2.45, 2.75) is 13.8 Å². The van der Waals surface area contributed by atoms with Crippen molar-refractivity contribution in [3.05, 3.63) is 87.8 Å². The van der Waals surface area contributed by atoms with E-state index in [1.54, 1.807) is 37.1 Å². The summed E-state index contributed by atoms with van der Waals surface area (Å²) in [5.41, 5.74) is 2.59. The third kappa shape index (κ3) is 6.76. The van der Waals surface area contributed by atoms with Crippen molar-refractivity contribution in [2.75, 3.05) is 48.8 Å². The molecule has 1 saturated heterocycles. The summed E-state index contributed by atoms with van der Waals surface area (Å²) in [6.07, 6.45) is 0. The summed E-state index contributed by atoms with van der Waals surface area (Å²) in [4.78, 5) is 41.6. The van der Waals surface area contributed by atoms with E-state index >= 15 is 0 Å². The molecule has 3 amide bonds. The van der Waals surface area contributed by atoms with Gasteiger partial charge in [0.25, 0.3) is 11.8 Å². The molecular weight excluding hydrogens is 604 g/mol. The smallest absolute Gasteiger partial charge is 0.259 e. The Kier molecular flexibility index (Phi) is 9.34. The Bertz CT molecular complexity index is 1730. The molecule has 1 aromatic heterocycles. The Labute approximate surface area is 263 Å². The monoisotopic (exact) mass is 634 g/mol. The Morgan fingerprint density at radius 3 is 2.38 bits per heavy atom. The van der Waals surface area contributed by atoms with E-state index in [0.717, 1.165) is 0 Å². The van der Waals surface area contributed by atoms with E-state index in [-0.39, 0.29) is 33.8 Å². The zero-order valence-corrected chi connectivity index (χ0v) is 25.5. The van der Waals surface area contributed by atoms with Crippen LogP contribution in [0.4, 0.5) is 22.7 Å². The van der Waals surface area contributed by atoms with Crippen LogP contribution in [0, 0.1) is 12.1 Å². The molecule has 0 saturated carbocycles. The average Bonchev–Trinajstić information content (AvgIpc) is 3.42. The van der Waals surface area contributed by atoms with Gasteiger partial charge in [0.2, 0.25) is 5.91 Å². The van der Waals surface area contributed by atoms with Gasteiger partial charge in [-0.2, -0.15) is 5.23 Å². The van der Waals surface area contributed by atoms with E-state index in [4.69, 9.17) is 20.9 Å². The standard InChI is InChI=1S/C31H31ClN6O7/c1-18-28(29(35-45-18)22-6-4-5-7-27(22)44-3)31(41)37-14-12-36(13-15-37)25-17-24(26(38(42)43)16-23(25)32)34-30(40)20-8-10-21(11-9-20)33-19(2)39/h4-11,16-17,38,42H,12-15H2,1-3H3,(H,33,39)(H,34,40). The number of carbonyl (C=O) groups excluding carboxylic acids is 3. The second-order valence-corrected chi connectivity index (χ2v) is 10.7. The van der Waals surface area contributed by atoms with Crippen molar-refractivity contribution in [2.24, 2.45) is 0 Å². The van der Waals surface area contributed by atoms with E-state index in [1.807, 2.05) is 23.1 Å². The number of nitrogens with one attached hydrogen (secondary N) is 3. The van der Waals surface area contributed by atoms with E-state index in [9.17, 15) is 24.8 Å². The second kappa shape index (κ2) is 13.4. The van der Waals surface area contributed by atoms with Gasteiger partial charge in [-0.05, 0) is 49.4 Å². The van der Waals surface area contributed by atoms with Gasteiger partial charge in [0, 0.05) is 56.0 Å².